The molecule has 106 valence electrons. The van der Waals surface area contributed by atoms with Crippen LogP contribution in [0.25, 0.3) is 5.65 Å². The van der Waals surface area contributed by atoms with Crippen LogP contribution in [0.15, 0.2) is 18.5 Å². The van der Waals surface area contributed by atoms with E-state index in [9.17, 15) is 0 Å². The predicted molar refractivity (Wildman–Crippen MR) is 89.9 cm³/mol. The number of fused-ring (bicyclic) bond motifs is 1. The topological polar surface area (TPSA) is 20.5 Å². The Balaban J connectivity index is 1.71. The van der Waals surface area contributed by atoms with Crippen molar-refractivity contribution >= 4 is 57.1 Å². The Morgan fingerprint density at radius 1 is 1.30 bits per heavy atom. The minimum Gasteiger partial charge on any atom is -0.358 e. The van der Waals surface area contributed by atoms with E-state index in [4.69, 9.17) is 35.4 Å². The van der Waals surface area contributed by atoms with Crippen LogP contribution < -0.4 is 0 Å². The quantitative estimate of drug-likeness (QED) is 0.757. The number of pyridine rings is 1. The fourth-order valence-corrected chi connectivity index (χ4v) is 3.93. The summed E-state index contributed by atoms with van der Waals surface area (Å²) < 4.78 is 2.82. The average Bonchev–Trinajstić information content (AvgIpc) is 3.04. The molecule has 7 heteroatoms. The van der Waals surface area contributed by atoms with Crippen molar-refractivity contribution in [3.63, 3.8) is 0 Å². The lowest BCUT2D eigenvalue weighted by atomic mass is 10.4. The summed E-state index contributed by atoms with van der Waals surface area (Å²) in [4.78, 5) is 6.79. The highest BCUT2D eigenvalue weighted by molar-refractivity contribution is 8.22. The molecule has 0 N–H and O–H groups in total. The van der Waals surface area contributed by atoms with Gasteiger partial charge in [-0.25, -0.2) is 4.98 Å². The van der Waals surface area contributed by atoms with Crippen molar-refractivity contribution in [3.8, 4) is 0 Å². The average molecular weight is 346 g/mol. The van der Waals surface area contributed by atoms with Crippen molar-refractivity contribution < 1.29 is 0 Å². The summed E-state index contributed by atoms with van der Waals surface area (Å²) in [6.45, 7) is 2.16. The zero-order valence-electron chi connectivity index (χ0n) is 10.7. The van der Waals surface area contributed by atoms with Crippen LogP contribution in [0.2, 0.25) is 10.0 Å². The zero-order valence-corrected chi connectivity index (χ0v) is 13.8. The summed E-state index contributed by atoms with van der Waals surface area (Å²) in [6, 6.07) is 1.71. The number of hydrogen-bond acceptors (Lipinski definition) is 3. The van der Waals surface area contributed by atoms with Gasteiger partial charge in [0.1, 0.15) is 4.32 Å². The van der Waals surface area contributed by atoms with E-state index < -0.39 is 0 Å². The Labute approximate surface area is 137 Å². The third-order valence-electron chi connectivity index (χ3n) is 3.23. The van der Waals surface area contributed by atoms with Crippen molar-refractivity contribution in [1.29, 1.82) is 0 Å². The molecular weight excluding hydrogens is 333 g/mol. The number of imidazole rings is 1. The Hall–Kier alpha value is -0.490. The summed E-state index contributed by atoms with van der Waals surface area (Å²) >= 11 is 19.2. The van der Waals surface area contributed by atoms with Gasteiger partial charge in [0.25, 0.3) is 0 Å². The Morgan fingerprint density at radius 3 is 2.80 bits per heavy atom. The van der Waals surface area contributed by atoms with Crippen LogP contribution in [-0.4, -0.2) is 31.7 Å². The molecule has 2 aromatic rings. The smallest absolute Gasteiger partial charge is 0.155 e. The molecule has 0 amide bonds. The minimum absolute atomic E-state index is 0.566. The van der Waals surface area contributed by atoms with E-state index in [-0.39, 0.29) is 0 Å². The molecule has 0 atom stereocenters. The number of nitrogens with zero attached hydrogens (tertiary/aromatic N) is 3. The van der Waals surface area contributed by atoms with Gasteiger partial charge in [0, 0.05) is 31.2 Å². The number of rotatable bonds is 2. The van der Waals surface area contributed by atoms with Gasteiger partial charge < -0.3 is 9.30 Å². The van der Waals surface area contributed by atoms with Crippen LogP contribution in [0.4, 0.5) is 0 Å². The highest BCUT2D eigenvalue weighted by atomic mass is 35.5. The van der Waals surface area contributed by atoms with Gasteiger partial charge in [-0.05, 0) is 18.9 Å². The molecule has 1 saturated heterocycles. The van der Waals surface area contributed by atoms with Crippen LogP contribution in [0.5, 0.6) is 0 Å². The maximum atomic E-state index is 6.13. The first kappa shape index (κ1) is 14.4. The molecule has 3 rings (SSSR count). The second-order valence-corrected chi connectivity index (χ2v) is 7.17. The molecule has 1 aliphatic rings. The number of hydrogen-bond donors (Lipinski definition) is 0. The zero-order chi connectivity index (χ0) is 14.1. The van der Waals surface area contributed by atoms with Gasteiger partial charge in [-0.15, -0.1) is 0 Å². The van der Waals surface area contributed by atoms with Crippen LogP contribution in [0.1, 0.15) is 18.5 Å². The van der Waals surface area contributed by atoms with Crippen molar-refractivity contribution in [2.75, 3.05) is 13.1 Å². The molecule has 0 saturated carbocycles. The van der Waals surface area contributed by atoms with E-state index in [1.165, 1.54) is 12.8 Å². The molecule has 0 aromatic carbocycles. The van der Waals surface area contributed by atoms with E-state index in [1.54, 1.807) is 17.8 Å². The Kier molecular flexibility index (Phi) is 4.40. The van der Waals surface area contributed by atoms with Crippen LogP contribution >= 0.6 is 47.2 Å². The van der Waals surface area contributed by atoms with Gasteiger partial charge in [0.05, 0.1) is 15.7 Å². The van der Waals surface area contributed by atoms with Gasteiger partial charge in [-0.2, -0.15) is 0 Å². The third-order valence-corrected chi connectivity index (χ3v) is 5.27. The number of thiocarbonyl (C=S) groups is 1. The van der Waals surface area contributed by atoms with Crippen LogP contribution in [0, 0.1) is 0 Å². The van der Waals surface area contributed by atoms with E-state index in [1.807, 2.05) is 16.8 Å². The first-order chi connectivity index (χ1) is 9.63. The maximum Gasteiger partial charge on any atom is 0.155 e. The van der Waals surface area contributed by atoms with Gasteiger partial charge >= 0.3 is 0 Å². The molecule has 2 aromatic heterocycles. The lowest BCUT2D eigenvalue weighted by Crippen LogP contribution is -2.23. The minimum atomic E-state index is 0.566. The number of aromatic nitrogens is 2. The highest BCUT2D eigenvalue weighted by Crippen LogP contribution is 2.24. The number of thioether (sulfide) groups is 1. The summed E-state index contributed by atoms with van der Waals surface area (Å²) in [5, 5.41) is 1.17. The van der Waals surface area contributed by atoms with E-state index >= 15 is 0 Å². The molecular formula is C13H13Cl2N3S2. The lowest BCUT2D eigenvalue weighted by molar-refractivity contribution is 0.539. The molecule has 0 unspecified atom stereocenters. The standard InChI is InChI=1S/C13H13Cl2N3S2/c14-9-5-11(15)12-16-10(7-18(12)6-9)8-20-13(19)17-3-1-2-4-17/h5-7H,1-4,8H2. The van der Waals surface area contributed by atoms with Crippen LogP contribution in [-0.2, 0) is 5.75 Å². The largest absolute Gasteiger partial charge is 0.358 e. The fourth-order valence-electron chi connectivity index (χ4n) is 2.27. The first-order valence-electron chi connectivity index (χ1n) is 6.38. The van der Waals surface area contributed by atoms with Crippen molar-refractivity contribution in [2.45, 2.75) is 18.6 Å². The molecule has 3 nitrogen and oxygen atoms in total. The number of halogens is 2. The van der Waals surface area contributed by atoms with Crippen molar-refractivity contribution in [2.24, 2.45) is 0 Å². The fraction of sp³-hybridized carbons (Fsp3) is 0.385. The molecule has 0 radical (unpaired) electrons. The van der Waals surface area contributed by atoms with Gasteiger partial charge in [0.2, 0.25) is 0 Å². The van der Waals surface area contributed by atoms with E-state index in [2.05, 4.69) is 9.88 Å². The lowest BCUT2D eigenvalue weighted by Gasteiger charge is -2.16. The van der Waals surface area contributed by atoms with Crippen molar-refractivity contribution in [1.82, 2.24) is 14.3 Å². The van der Waals surface area contributed by atoms with Gasteiger partial charge in [0.15, 0.2) is 5.65 Å². The summed E-state index contributed by atoms with van der Waals surface area (Å²) in [7, 11) is 0. The Morgan fingerprint density at radius 2 is 2.05 bits per heavy atom. The van der Waals surface area contributed by atoms with Crippen LogP contribution in [0.3, 0.4) is 0 Å². The van der Waals surface area contributed by atoms with Gasteiger partial charge in [-0.1, -0.05) is 47.2 Å². The van der Waals surface area contributed by atoms with E-state index in [0.29, 0.717) is 10.0 Å². The SMILES string of the molecule is S=C(SCc1cn2cc(Cl)cc(Cl)c2n1)N1CCCC1. The molecule has 20 heavy (non-hydrogen) atoms. The second-order valence-electron chi connectivity index (χ2n) is 4.72. The third kappa shape index (κ3) is 3.06. The first-order valence-corrected chi connectivity index (χ1v) is 8.53. The maximum absolute atomic E-state index is 6.13. The Bertz CT molecular complexity index is 650. The molecule has 0 aliphatic carbocycles. The highest BCUT2D eigenvalue weighted by Gasteiger charge is 2.15. The molecule has 0 spiro atoms. The van der Waals surface area contributed by atoms with Crippen molar-refractivity contribution in [3.05, 3.63) is 34.2 Å². The summed E-state index contributed by atoms with van der Waals surface area (Å²) in [6.07, 6.45) is 6.24. The molecule has 1 fully saturated rings. The normalized spacial score (nSPS) is 15.2. The number of likely N-dealkylation sites (tertiary alicyclic amines) is 1. The summed E-state index contributed by atoms with van der Waals surface area (Å²) in [5.74, 6) is 0.755. The van der Waals surface area contributed by atoms with Gasteiger partial charge in [-0.3, -0.25) is 0 Å². The predicted octanol–water partition coefficient (Wildman–Crippen LogP) is 4.26. The second kappa shape index (κ2) is 6.10. The summed E-state index contributed by atoms with van der Waals surface area (Å²) in [5.41, 5.74) is 1.69. The molecule has 0 bridgehead atoms. The van der Waals surface area contributed by atoms with E-state index in [0.717, 1.165) is 34.5 Å². The molecule has 3 heterocycles. The monoisotopic (exact) mass is 345 g/mol. The molecule has 1 aliphatic heterocycles.